The molecule has 0 bridgehead atoms. The average Bonchev–Trinajstić information content (AvgIpc) is 2.47. The highest BCUT2D eigenvalue weighted by Crippen LogP contribution is 2.21. The summed E-state index contributed by atoms with van der Waals surface area (Å²) in [5.41, 5.74) is 2.66. The second kappa shape index (κ2) is 5.19. The molecule has 0 atom stereocenters. The molecule has 0 N–H and O–H groups in total. The number of aryl methyl sites for hydroxylation is 1. The quantitative estimate of drug-likeness (QED) is 0.471. The van der Waals surface area contributed by atoms with Crippen molar-refractivity contribution in [2.45, 2.75) is 6.92 Å². The van der Waals surface area contributed by atoms with Gasteiger partial charge >= 0.3 is 0 Å². The van der Waals surface area contributed by atoms with Crippen molar-refractivity contribution in [1.82, 2.24) is 9.97 Å². The zero-order valence-electron chi connectivity index (χ0n) is 10.1. The van der Waals surface area contributed by atoms with Crippen molar-refractivity contribution in [3.8, 4) is 17.3 Å². The molecule has 1 heterocycles. The number of aromatic nitrogens is 2. The number of hydrogen-bond acceptors (Lipinski definition) is 5. The smallest absolute Gasteiger partial charge is 0.262 e. The number of nitriles is 1. The number of nitrogens with zero attached hydrogens (tertiary/aromatic N) is 3. The van der Waals surface area contributed by atoms with Crippen LogP contribution in [0.15, 0.2) is 30.5 Å². The Morgan fingerprint density at radius 3 is 2.58 bits per heavy atom. The SMILES string of the molecule is Cc1cnc(C(=O)C=O)nc1-c1ccc(C#N)cc1. The Balaban J connectivity index is 2.51. The summed E-state index contributed by atoms with van der Waals surface area (Å²) >= 11 is 0. The normalized spacial score (nSPS) is 9.68. The van der Waals surface area contributed by atoms with E-state index in [1.54, 1.807) is 24.3 Å². The maximum atomic E-state index is 11.3. The average molecular weight is 251 g/mol. The fourth-order valence-electron chi connectivity index (χ4n) is 1.61. The summed E-state index contributed by atoms with van der Waals surface area (Å²) in [5, 5.41) is 8.74. The molecule has 2 rings (SSSR count). The Kier molecular flexibility index (Phi) is 3.44. The van der Waals surface area contributed by atoms with E-state index in [0.29, 0.717) is 11.3 Å². The molecule has 1 aromatic heterocycles. The van der Waals surface area contributed by atoms with Gasteiger partial charge in [-0.15, -0.1) is 0 Å². The van der Waals surface area contributed by atoms with Crippen LogP contribution in [0.1, 0.15) is 21.7 Å². The summed E-state index contributed by atoms with van der Waals surface area (Å²) in [5.74, 6) is -0.880. The van der Waals surface area contributed by atoms with E-state index >= 15 is 0 Å². The first-order chi connectivity index (χ1) is 9.15. The number of carbonyl (C=O) groups excluding carboxylic acids is 2. The van der Waals surface area contributed by atoms with Gasteiger partial charge in [0, 0.05) is 11.8 Å². The van der Waals surface area contributed by atoms with E-state index in [2.05, 4.69) is 9.97 Å². The fourth-order valence-corrected chi connectivity index (χ4v) is 1.61. The fraction of sp³-hybridized carbons (Fsp3) is 0.0714. The first-order valence-corrected chi connectivity index (χ1v) is 5.49. The van der Waals surface area contributed by atoms with Gasteiger partial charge in [0.05, 0.1) is 17.3 Å². The molecule has 19 heavy (non-hydrogen) atoms. The number of carbonyl (C=O) groups is 2. The first kappa shape index (κ1) is 12.6. The highest BCUT2D eigenvalue weighted by atomic mass is 16.2. The van der Waals surface area contributed by atoms with Gasteiger partial charge in [-0.25, -0.2) is 9.97 Å². The van der Waals surface area contributed by atoms with Crippen molar-refractivity contribution in [2.24, 2.45) is 0 Å². The van der Waals surface area contributed by atoms with Gasteiger partial charge in [0.2, 0.25) is 5.82 Å². The Hall–Kier alpha value is -2.87. The number of aldehydes is 1. The van der Waals surface area contributed by atoms with Crippen LogP contribution in [0.3, 0.4) is 0 Å². The van der Waals surface area contributed by atoms with Crippen molar-refractivity contribution in [3.63, 3.8) is 0 Å². The topological polar surface area (TPSA) is 83.7 Å². The van der Waals surface area contributed by atoms with Crippen molar-refractivity contribution in [1.29, 1.82) is 5.26 Å². The minimum Gasteiger partial charge on any atom is -0.294 e. The van der Waals surface area contributed by atoms with E-state index in [1.165, 1.54) is 6.20 Å². The Morgan fingerprint density at radius 1 is 1.32 bits per heavy atom. The molecule has 0 aliphatic carbocycles. The van der Waals surface area contributed by atoms with Crippen LogP contribution in [-0.2, 0) is 4.79 Å². The predicted octanol–water partition coefficient (Wildman–Crippen LogP) is 1.71. The lowest BCUT2D eigenvalue weighted by molar-refractivity contribution is -0.104. The molecule has 2 aromatic rings. The second-order valence-corrected chi connectivity index (χ2v) is 3.90. The maximum absolute atomic E-state index is 11.3. The van der Waals surface area contributed by atoms with Gasteiger partial charge in [0.1, 0.15) is 0 Å². The summed E-state index contributed by atoms with van der Waals surface area (Å²) in [6.07, 6.45) is 1.69. The maximum Gasteiger partial charge on any atom is 0.262 e. The molecule has 5 heteroatoms. The van der Waals surface area contributed by atoms with Crippen LogP contribution >= 0.6 is 0 Å². The lowest BCUT2D eigenvalue weighted by Gasteiger charge is -2.05. The van der Waals surface area contributed by atoms with E-state index in [-0.39, 0.29) is 12.1 Å². The first-order valence-electron chi connectivity index (χ1n) is 5.49. The van der Waals surface area contributed by atoms with Crippen LogP contribution in [0.5, 0.6) is 0 Å². The molecular weight excluding hydrogens is 242 g/mol. The Labute approximate surface area is 109 Å². The van der Waals surface area contributed by atoms with Crippen molar-refractivity contribution >= 4 is 12.1 Å². The van der Waals surface area contributed by atoms with Gasteiger partial charge in [-0.2, -0.15) is 5.26 Å². The summed E-state index contributed by atoms with van der Waals surface area (Å²) in [6.45, 7) is 1.81. The lowest BCUT2D eigenvalue weighted by Crippen LogP contribution is -2.08. The van der Waals surface area contributed by atoms with Gasteiger partial charge in [-0.1, -0.05) is 12.1 Å². The zero-order chi connectivity index (χ0) is 13.8. The molecule has 0 saturated carbocycles. The number of benzene rings is 1. The molecule has 0 radical (unpaired) electrons. The minimum absolute atomic E-state index is 0.125. The van der Waals surface area contributed by atoms with Gasteiger partial charge in [-0.05, 0) is 24.6 Å². The van der Waals surface area contributed by atoms with E-state index in [1.807, 2.05) is 13.0 Å². The van der Waals surface area contributed by atoms with E-state index in [0.717, 1.165) is 11.1 Å². The summed E-state index contributed by atoms with van der Waals surface area (Å²) in [6, 6.07) is 8.83. The van der Waals surface area contributed by atoms with Gasteiger partial charge in [0.25, 0.3) is 5.78 Å². The number of hydrogen-bond donors (Lipinski definition) is 0. The predicted molar refractivity (Wildman–Crippen MR) is 67.3 cm³/mol. The zero-order valence-corrected chi connectivity index (χ0v) is 10.1. The molecule has 1 aromatic carbocycles. The third-order valence-electron chi connectivity index (χ3n) is 2.59. The van der Waals surface area contributed by atoms with Gasteiger partial charge in [-0.3, -0.25) is 9.59 Å². The molecular formula is C14H9N3O2. The second-order valence-electron chi connectivity index (χ2n) is 3.90. The third-order valence-corrected chi connectivity index (χ3v) is 2.59. The van der Waals surface area contributed by atoms with Crippen LogP contribution in [0.4, 0.5) is 0 Å². The summed E-state index contributed by atoms with van der Waals surface area (Å²) < 4.78 is 0. The molecule has 0 spiro atoms. The monoisotopic (exact) mass is 251 g/mol. The van der Waals surface area contributed by atoms with Gasteiger partial charge < -0.3 is 0 Å². The van der Waals surface area contributed by atoms with E-state index < -0.39 is 5.78 Å². The largest absolute Gasteiger partial charge is 0.294 e. The van der Waals surface area contributed by atoms with Crippen molar-refractivity contribution in [2.75, 3.05) is 0 Å². The third kappa shape index (κ3) is 2.53. The highest BCUT2D eigenvalue weighted by Gasteiger charge is 2.11. The lowest BCUT2D eigenvalue weighted by atomic mass is 10.1. The molecule has 0 unspecified atom stereocenters. The molecule has 0 amide bonds. The molecule has 5 nitrogen and oxygen atoms in total. The van der Waals surface area contributed by atoms with Crippen molar-refractivity contribution < 1.29 is 9.59 Å². The standard InChI is InChI=1S/C14H9N3O2/c1-9-7-16-14(12(19)8-18)17-13(9)11-4-2-10(6-15)3-5-11/h2-5,7-8H,1H3. The summed E-state index contributed by atoms with van der Waals surface area (Å²) in [7, 11) is 0. The molecule has 0 saturated heterocycles. The highest BCUT2D eigenvalue weighted by molar-refractivity contribution is 6.31. The van der Waals surface area contributed by atoms with E-state index in [4.69, 9.17) is 5.26 Å². The van der Waals surface area contributed by atoms with E-state index in [9.17, 15) is 9.59 Å². The van der Waals surface area contributed by atoms with Gasteiger partial charge in [0.15, 0.2) is 6.29 Å². The Morgan fingerprint density at radius 2 is 2.00 bits per heavy atom. The molecule has 0 fully saturated rings. The molecule has 0 aliphatic heterocycles. The molecule has 0 aliphatic rings. The van der Waals surface area contributed by atoms with Crippen LogP contribution in [0, 0.1) is 18.3 Å². The molecule has 92 valence electrons. The van der Waals surface area contributed by atoms with Crippen LogP contribution < -0.4 is 0 Å². The van der Waals surface area contributed by atoms with Crippen LogP contribution in [-0.4, -0.2) is 22.0 Å². The number of rotatable bonds is 3. The summed E-state index contributed by atoms with van der Waals surface area (Å²) in [4.78, 5) is 29.6. The minimum atomic E-state index is -0.755. The van der Waals surface area contributed by atoms with Crippen molar-refractivity contribution in [3.05, 3.63) is 47.4 Å². The number of Topliss-reactive ketones (excluding diaryl/α,β-unsaturated/α-hetero) is 1. The van der Waals surface area contributed by atoms with Crippen LogP contribution in [0.2, 0.25) is 0 Å². The number of ketones is 1. The Bertz CT molecular complexity index is 685. The van der Waals surface area contributed by atoms with Crippen LogP contribution in [0.25, 0.3) is 11.3 Å².